The SMILES string of the molecule is CSCC[C@H](NC(=O)[C@@H](N)CCC(=O)O)C(=O)N1CCC[C@H]1C(=O)N[C@@H](Cc1ccccc1)C(=O)N1CCC[C@H]1C(=O)N[C@@H](CCCCN)C(=O)N[C@@H](Cc1ccc(O)cc1)C(=O)N1CCC[C@H]1C(=O)O. The molecule has 7 amide bonds. The van der Waals surface area contributed by atoms with Crippen molar-refractivity contribution in [1.82, 2.24) is 36.0 Å². The average Bonchev–Trinajstić information content (AvgIpc) is 4.17. The number of hydrogen-bond donors (Lipinski definition) is 9. The monoisotopic (exact) mass is 1010 g/mol. The molecular weight excluding hydrogens is 939 g/mol. The fraction of sp³-hybridized carbons (Fsp3) is 0.571. The zero-order valence-electron chi connectivity index (χ0n) is 40.2. The number of carbonyl (C=O) groups is 9. The predicted octanol–water partition coefficient (Wildman–Crippen LogP) is 0.248. The molecule has 3 saturated heterocycles. The molecule has 0 aliphatic carbocycles. The van der Waals surface area contributed by atoms with Gasteiger partial charge in [-0.15, -0.1) is 0 Å². The van der Waals surface area contributed by atoms with Crippen molar-refractivity contribution in [1.29, 1.82) is 0 Å². The first-order chi connectivity index (χ1) is 34.0. The van der Waals surface area contributed by atoms with E-state index in [0.29, 0.717) is 55.5 Å². The normalized spacial score (nSPS) is 19.8. The standard InChI is InChI=1S/C49H69N9O12S/c1-71-27-22-35(53-42(62)33(51)20-21-41(60)61)46(66)56-24-7-14-39(56)45(65)55-37(28-30-10-3-2-4-11-30)47(67)57-25-8-13-38(57)44(64)52-34(12-5-6-23-50)43(63)54-36(29-31-16-18-32(59)19-17-31)48(68)58-26-9-15-40(58)49(69)70/h2-4,10-11,16-19,33-40,59H,5-9,12-15,20-29,50-51H2,1H3,(H,52,64)(H,53,62)(H,54,63)(H,55,65)(H,60,61)(H,69,70)/t33-,34-,35-,36-,37-,38-,39-,40-/m0/s1. The predicted molar refractivity (Wildman–Crippen MR) is 262 cm³/mol. The number of carbonyl (C=O) groups excluding carboxylic acids is 7. The zero-order valence-corrected chi connectivity index (χ0v) is 41.0. The highest BCUT2D eigenvalue weighted by Gasteiger charge is 2.43. The number of hydrogen-bond acceptors (Lipinski definition) is 13. The van der Waals surface area contributed by atoms with Crippen LogP contribution >= 0.6 is 11.8 Å². The second kappa shape index (κ2) is 27.4. The lowest BCUT2D eigenvalue weighted by Crippen LogP contribution is -2.60. The summed E-state index contributed by atoms with van der Waals surface area (Å²) in [7, 11) is 0. The van der Waals surface area contributed by atoms with Crippen LogP contribution in [0.2, 0.25) is 0 Å². The summed E-state index contributed by atoms with van der Waals surface area (Å²) in [6, 6.07) is 6.03. The van der Waals surface area contributed by atoms with Crippen LogP contribution in [0.15, 0.2) is 54.6 Å². The fourth-order valence-corrected chi connectivity index (χ4v) is 9.83. The molecule has 2 aromatic rings. The van der Waals surface area contributed by atoms with Crippen LogP contribution in [-0.4, -0.2) is 170 Å². The minimum atomic E-state index is -1.23. The third kappa shape index (κ3) is 15.9. The van der Waals surface area contributed by atoms with E-state index in [1.54, 1.807) is 42.5 Å². The molecule has 0 aromatic heterocycles. The van der Waals surface area contributed by atoms with Gasteiger partial charge < -0.3 is 62.8 Å². The summed E-state index contributed by atoms with van der Waals surface area (Å²) >= 11 is 1.45. The number of rotatable bonds is 26. The molecule has 0 unspecified atom stereocenters. The number of aliphatic carboxylic acids is 2. The molecular formula is C49H69N9O12S. The number of amides is 7. The summed E-state index contributed by atoms with van der Waals surface area (Å²) in [5, 5.41) is 40.0. The Balaban J connectivity index is 1.34. The Morgan fingerprint density at radius 3 is 1.65 bits per heavy atom. The van der Waals surface area contributed by atoms with Gasteiger partial charge >= 0.3 is 11.9 Å². The number of thioether (sulfide) groups is 1. The number of carboxylic acids is 2. The van der Waals surface area contributed by atoms with Gasteiger partial charge in [0.2, 0.25) is 41.4 Å². The van der Waals surface area contributed by atoms with Crippen molar-refractivity contribution in [3.05, 3.63) is 65.7 Å². The fourth-order valence-electron chi connectivity index (χ4n) is 9.36. The molecule has 8 atom stereocenters. The van der Waals surface area contributed by atoms with Crippen molar-refractivity contribution >= 4 is 65.1 Å². The quantitative estimate of drug-likeness (QED) is 0.0571. The molecule has 71 heavy (non-hydrogen) atoms. The van der Waals surface area contributed by atoms with Gasteiger partial charge in [-0.1, -0.05) is 42.5 Å². The van der Waals surface area contributed by atoms with Gasteiger partial charge in [0, 0.05) is 38.9 Å². The molecule has 3 aliphatic heterocycles. The Bertz CT molecular complexity index is 2190. The Kier molecular flexibility index (Phi) is 21.5. The number of nitrogens with zero attached hydrogens (tertiary/aromatic N) is 3. The van der Waals surface area contributed by atoms with Gasteiger partial charge in [0.05, 0.1) is 6.04 Å². The first kappa shape index (κ1) is 55.7. The Morgan fingerprint density at radius 1 is 0.620 bits per heavy atom. The molecule has 0 radical (unpaired) electrons. The highest BCUT2D eigenvalue weighted by Crippen LogP contribution is 2.25. The van der Waals surface area contributed by atoms with Crippen LogP contribution in [0.1, 0.15) is 88.2 Å². The van der Waals surface area contributed by atoms with Gasteiger partial charge in [-0.25, -0.2) is 4.79 Å². The largest absolute Gasteiger partial charge is 0.508 e. The van der Waals surface area contributed by atoms with Gasteiger partial charge in [0.25, 0.3) is 0 Å². The molecule has 21 nitrogen and oxygen atoms in total. The summed E-state index contributed by atoms with van der Waals surface area (Å²) in [6.07, 6.45) is 4.75. The van der Waals surface area contributed by atoms with Crippen molar-refractivity contribution in [3.63, 3.8) is 0 Å². The Labute approximate surface area is 417 Å². The number of phenolic OH excluding ortho intramolecular Hbond substituents is 1. The molecule has 3 fully saturated rings. The Hall–Kier alpha value is -6.26. The van der Waals surface area contributed by atoms with E-state index in [1.165, 1.54) is 38.6 Å². The second-order valence-electron chi connectivity index (χ2n) is 18.3. The van der Waals surface area contributed by atoms with Gasteiger partial charge in [0.15, 0.2) is 0 Å². The lowest BCUT2D eigenvalue weighted by Gasteiger charge is -2.32. The number of carboxylic acid groups (broad SMARTS) is 2. The highest BCUT2D eigenvalue weighted by atomic mass is 32.2. The van der Waals surface area contributed by atoms with E-state index >= 15 is 0 Å². The second-order valence-corrected chi connectivity index (χ2v) is 19.3. The van der Waals surface area contributed by atoms with Crippen LogP contribution in [-0.2, 0) is 56.0 Å². The third-order valence-corrected chi connectivity index (χ3v) is 13.8. The molecule has 11 N–H and O–H groups in total. The number of aromatic hydroxyl groups is 1. The minimum absolute atomic E-state index is 0.0103. The maximum absolute atomic E-state index is 14.7. The first-order valence-electron chi connectivity index (χ1n) is 24.4. The van der Waals surface area contributed by atoms with Crippen LogP contribution in [0.25, 0.3) is 0 Å². The molecule has 0 spiro atoms. The van der Waals surface area contributed by atoms with Crippen molar-refractivity contribution in [3.8, 4) is 5.75 Å². The number of phenols is 1. The molecule has 0 bridgehead atoms. The number of likely N-dealkylation sites (tertiary alicyclic amines) is 3. The lowest BCUT2D eigenvalue weighted by molar-refractivity contribution is -0.149. The topological polar surface area (TPSA) is 324 Å². The van der Waals surface area contributed by atoms with E-state index in [9.17, 15) is 53.4 Å². The van der Waals surface area contributed by atoms with Gasteiger partial charge in [-0.2, -0.15) is 11.8 Å². The van der Waals surface area contributed by atoms with Crippen LogP contribution in [0.5, 0.6) is 5.75 Å². The smallest absolute Gasteiger partial charge is 0.326 e. The van der Waals surface area contributed by atoms with E-state index in [4.69, 9.17) is 16.6 Å². The first-order valence-corrected chi connectivity index (χ1v) is 25.8. The molecule has 2 aromatic carbocycles. The van der Waals surface area contributed by atoms with Crippen LogP contribution in [0, 0.1) is 0 Å². The molecule has 3 heterocycles. The summed E-state index contributed by atoms with van der Waals surface area (Å²) in [5.74, 6) is -6.11. The molecule has 5 rings (SSSR count). The van der Waals surface area contributed by atoms with Crippen molar-refractivity contribution in [2.45, 2.75) is 138 Å². The summed E-state index contributed by atoms with van der Waals surface area (Å²) < 4.78 is 0. The van der Waals surface area contributed by atoms with Crippen molar-refractivity contribution in [2.75, 3.05) is 38.2 Å². The summed E-state index contributed by atoms with van der Waals surface area (Å²) in [4.78, 5) is 126. The molecule has 0 saturated carbocycles. The highest BCUT2D eigenvalue weighted by molar-refractivity contribution is 7.98. The maximum atomic E-state index is 14.7. The lowest BCUT2D eigenvalue weighted by atomic mass is 10.0. The number of nitrogens with two attached hydrogens (primary N) is 2. The minimum Gasteiger partial charge on any atom is -0.508 e. The third-order valence-electron chi connectivity index (χ3n) is 13.2. The van der Waals surface area contributed by atoms with Crippen LogP contribution in [0.3, 0.4) is 0 Å². The zero-order chi connectivity index (χ0) is 51.6. The van der Waals surface area contributed by atoms with Crippen molar-refractivity contribution < 1.29 is 58.5 Å². The Morgan fingerprint density at radius 2 is 1.11 bits per heavy atom. The number of unbranched alkanes of at least 4 members (excludes halogenated alkanes) is 1. The average molecular weight is 1010 g/mol. The summed E-state index contributed by atoms with van der Waals surface area (Å²) in [6.45, 7) is 0.842. The summed E-state index contributed by atoms with van der Waals surface area (Å²) in [5.41, 5.74) is 13.0. The molecule has 22 heteroatoms. The van der Waals surface area contributed by atoms with E-state index in [2.05, 4.69) is 21.3 Å². The van der Waals surface area contributed by atoms with E-state index in [0.717, 1.165) is 0 Å². The molecule has 3 aliphatic rings. The van der Waals surface area contributed by atoms with Crippen LogP contribution in [0.4, 0.5) is 0 Å². The van der Waals surface area contributed by atoms with Gasteiger partial charge in [-0.3, -0.25) is 38.4 Å². The van der Waals surface area contributed by atoms with E-state index in [-0.39, 0.29) is 83.2 Å². The van der Waals surface area contributed by atoms with E-state index < -0.39 is 102 Å². The number of nitrogens with one attached hydrogen (secondary N) is 4. The van der Waals surface area contributed by atoms with Gasteiger partial charge in [0.1, 0.15) is 48.0 Å². The van der Waals surface area contributed by atoms with Crippen molar-refractivity contribution in [2.24, 2.45) is 11.5 Å². The van der Waals surface area contributed by atoms with E-state index in [1.807, 2.05) is 6.26 Å². The van der Waals surface area contributed by atoms with Crippen LogP contribution < -0.4 is 32.7 Å². The number of benzene rings is 2. The van der Waals surface area contributed by atoms with Gasteiger partial charge in [-0.05, 0) is 112 Å². The molecule has 388 valence electrons. The maximum Gasteiger partial charge on any atom is 0.326 e.